The summed E-state index contributed by atoms with van der Waals surface area (Å²) in [7, 11) is 1.71. The number of ether oxygens (including phenoxy) is 2. The van der Waals surface area contributed by atoms with Gasteiger partial charge in [-0.1, -0.05) is 0 Å². The number of hydrogen-bond donors (Lipinski definition) is 3. The fourth-order valence-corrected chi connectivity index (χ4v) is 3.64. The van der Waals surface area contributed by atoms with Crippen molar-refractivity contribution in [1.82, 2.24) is 14.9 Å². The molecule has 0 bridgehead atoms. The van der Waals surface area contributed by atoms with Crippen LogP contribution in [-0.2, 0) is 9.53 Å². The number of nitrogen functional groups attached to an aromatic ring is 1. The van der Waals surface area contributed by atoms with E-state index >= 15 is 0 Å². The lowest BCUT2D eigenvalue weighted by molar-refractivity contribution is -0.119. The van der Waals surface area contributed by atoms with Gasteiger partial charge in [0.15, 0.2) is 0 Å². The predicted octanol–water partition coefficient (Wildman–Crippen LogP) is 4.87. The van der Waals surface area contributed by atoms with E-state index in [2.05, 4.69) is 15.3 Å². The van der Waals surface area contributed by atoms with Crippen LogP contribution < -0.4 is 15.8 Å². The first-order chi connectivity index (χ1) is 18.1. The van der Waals surface area contributed by atoms with E-state index in [4.69, 9.17) is 20.6 Å². The summed E-state index contributed by atoms with van der Waals surface area (Å²) in [6, 6.07) is 12.7. The van der Waals surface area contributed by atoms with E-state index in [9.17, 15) is 9.18 Å². The highest BCUT2D eigenvalue weighted by molar-refractivity contribution is 6.16. The summed E-state index contributed by atoms with van der Waals surface area (Å²) in [5.74, 6) is 1.40. The Labute approximate surface area is 222 Å². The molecule has 1 aliphatic heterocycles. The number of piperidine rings is 1. The maximum atomic E-state index is 13.1. The van der Waals surface area contributed by atoms with Crippen LogP contribution >= 0.6 is 0 Å². The average molecular weight is 523 g/mol. The lowest BCUT2D eigenvalue weighted by atomic mass is 10.0. The van der Waals surface area contributed by atoms with Gasteiger partial charge >= 0.3 is 0 Å². The van der Waals surface area contributed by atoms with Crippen LogP contribution in [0.3, 0.4) is 0 Å². The first kappa shape index (κ1) is 28.5. The van der Waals surface area contributed by atoms with Crippen molar-refractivity contribution in [3.05, 3.63) is 71.8 Å². The SMILES string of the molecule is COC(C)(C)C.N=C(c1ccc(Oc2ccc(F)cc2)cc1)c1c(N)ncnc1NC1CCCN(C=O)C1. The van der Waals surface area contributed by atoms with Crippen LogP contribution in [0.4, 0.5) is 16.0 Å². The number of halogens is 1. The predicted molar refractivity (Wildman–Crippen MR) is 146 cm³/mol. The van der Waals surface area contributed by atoms with Gasteiger partial charge in [-0.25, -0.2) is 14.4 Å². The molecule has 0 spiro atoms. The summed E-state index contributed by atoms with van der Waals surface area (Å²) < 4.78 is 23.7. The lowest BCUT2D eigenvalue weighted by Gasteiger charge is -2.31. The van der Waals surface area contributed by atoms with Gasteiger partial charge in [-0.15, -0.1) is 0 Å². The van der Waals surface area contributed by atoms with E-state index in [0.717, 1.165) is 25.8 Å². The summed E-state index contributed by atoms with van der Waals surface area (Å²) >= 11 is 0. The summed E-state index contributed by atoms with van der Waals surface area (Å²) in [5.41, 5.74) is 7.33. The monoisotopic (exact) mass is 522 g/mol. The average Bonchev–Trinajstić information content (AvgIpc) is 2.90. The van der Waals surface area contributed by atoms with Gasteiger partial charge in [0.25, 0.3) is 0 Å². The van der Waals surface area contributed by atoms with E-state index in [-0.39, 0.29) is 29.0 Å². The normalized spacial score (nSPS) is 15.2. The van der Waals surface area contributed by atoms with Gasteiger partial charge in [-0.2, -0.15) is 0 Å². The van der Waals surface area contributed by atoms with Crippen LogP contribution in [0.2, 0.25) is 0 Å². The number of hydrogen-bond acceptors (Lipinski definition) is 8. The second-order valence-electron chi connectivity index (χ2n) is 9.84. The maximum Gasteiger partial charge on any atom is 0.209 e. The third kappa shape index (κ3) is 8.24. The van der Waals surface area contributed by atoms with Gasteiger partial charge in [0, 0.05) is 31.8 Å². The fourth-order valence-electron chi connectivity index (χ4n) is 3.64. The summed E-state index contributed by atoms with van der Waals surface area (Å²) in [5, 5.41) is 12.0. The van der Waals surface area contributed by atoms with Crippen LogP contribution in [0.15, 0.2) is 54.9 Å². The Morgan fingerprint density at radius 2 is 1.74 bits per heavy atom. The second kappa shape index (κ2) is 13.0. The number of likely N-dealkylation sites (tertiary alicyclic amines) is 1. The van der Waals surface area contributed by atoms with Crippen molar-refractivity contribution >= 4 is 23.8 Å². The zero-order chi connectivity index (χ0) is 27.7. The summed E-state index contributed by atoms with van der Waals surface area (Å²) in [6.07, 6.45) is 3.98. The van der Waals surface area contributed by atoms with Crippen molar-refractivity contribution in [3.8, 4) is 11.5 Å². The zero-order valence-electron chi connectivity index (χ0n) is 22.2. The fraction of sp³-hybridized carbons (Fsp3) is 0.357. The Balaban J connectivity index is 0.000000599. The minimum absolute atomic E-state index is 0.0151. The third-order valence-corrected chi connectivity index (χ3v) is 5.87. The molecule has 2 heterocycles. The van der Waals surface area contributed by atoms with Crippen molar-refractivity contribution in [3.63, 3.8) is 0 Å². The van der Waals surface area contributed by atoms with Crippen LogP contribution in [-0.4, -0.2) is 58.8 Å². The lowest BCUT2D eigenvalue weighted by Crippen LogP contribution is -2.41. The van der Waals surface area contributed by atoms with E-state index in [0.29, 0.717) is 35.0 Å². The van der Waals surface area contributed by atoms with E-state index in [1.165, 1.54) is 18.5 Å². The van der Waals surface area contributed by atoms with Crippen LogP contribution in [0.25, 0.3) is 0 Å². The molecule has 3 aromatic rings. The molecule has 1 fully saturated rings. The molecular formula is C28H35FN6O3. The zero-order valence-corrected chi connectivity index (χ0v) is 22.2. The number of nitrogens with zero attached hydrogens (tertiary/aromatic N) is 3. The van der Waals surface area contributed by atoms with Gasteiger partial charge in [-0.3, -0.25) is 10.2 Å². The number of anilines is 2. The van der Waals surface area contributed by atoms with Crippen LogP contribution in [0.1, 0.15) is 44.7 Å². The summed E-state index contributed by atoms with van der Waals surface area (Å²) in [4.78, 5) is 21.2. The van der Waals surface area contributed by atoms with E-state index in [1.54, 1.807) is 48.4 Å². The topological polar surface area (TPSA) is 126 Å². The van der Waals surface area contributed by atoms with Crippen molar-refractivity contribution in [2.24, 2.45) is 0 Å². The van der Waals surface area contributed by atoms with Crippen molar-refractivity contribution in [1.29, 1.82) is 5.41 Å². The second-order valence-corrected chi connectivity index (χ2v) is 9.84. The van der Waals surface area contributed by atoms with Crippen molar-refractivity contribution in [2.75, 3.05) is 31.2 Å². The van der Waals surface area contributed by atoms with Crippen molar-refractivity contribution in [2.45, 2.75) is 45.3 Å². The number of benzene rings is 2. The standard InChI is InChI=1S/C23H23FN6O2.C5H12O/c24-16-5-9-19(10-6-16)32-18-7-3-15(4-8-18)21(25)20-22(26)27-13-28-23(20)29-17-2-1-11-30(12-17)14-31;1-5(2,3)6-4/h3-10,13-14,17,25H,1-2,11-12H2,(H3,26,27,28,29);1-4H3. The molecule has 0 aliphatic carbocycles. The van der Waals surface area contributed by atoms with Crippen molar-refractivity contribution < 1.29 is 18.7 Å². The molecule has 4 rings (SSSR count). The molecule has 1 atom stereocenters. The molecule has 2 aromatic carbocycles. The van der Waals surface area contributed by atoms with Gasteiger partial charge in [0.2, 0.25) is 6.41 Å². The minimum atomic E-state index is -0.333. The highest BCUT2D eigenvalue weighted by Crippen LogP contribution is 2.26. The van der Waals surface area contributed by atoms with E-state index in [1.807, 2.05) is 20.8 Å². The quantitative estimate of drug-likeness (QED) is 0.298. The molecule has 1 saturated heterocycles. The molecule has 1 aromatic heterocycles. The Morgan fingerprint density at radius 1 is 1.13 bits per heavy atom. The summed E-state index contributed by atoms with van der Waals surface area (Å²) in [6.45, 7) is 7.37. The maximum absolute atomic E-state index is 13.1. The molecule has 202 valence electrons. The van der Waals surface area contributed by atoms with Crippen LogP contribution in [0, 0.1) is 11.2 Å². The molecule has 38 heavy (non-hydrogen) atoms. The van der Waals surface area contributed by atoms with Gasteiger partial charge < -0.3 is 25.4 Å². The first-order valence-electron chi connectivity index (χ1n) is 12.3. The van der Waals surface area contributed by atoms with E-state index < -0.39 is 0 Å². The molecule has 0 saturated carbocycles. The molecule has 10 heteroatoms. The number of nitrogens with one attached hydrogen (secondary N) is 2. The molecule has 9 nitrogen and oxygen atoms in total. The molecule has 4 N–H and O–H groups in total. The molecule has 1 amide bonds. The Hall–Kier alpha value is -4.05. The van der Waals surface area contributed by atoms with Crippen LogP contribution in [0.5, 0.6) is 11.5 Å². The number of amides is 1. The number of rotatable bonds is 7. The Bertz CT molecular complexity index is 1210. The number of methoxy groups -OCH3 is 1. The highest BCUT2D eigenvalue weighted by atomic mass is 19.1. The number of aromatic nitrogens is 2. The number of carbonyl (C=O) groups excluding carboxylic acids is 1. The smallest absolute Gasteiger partial charge is 0.209 e. The van der Waals surface area contributed by atoms with Gasteiger partial charge in [-0.05, 0) is 82.1 Å². The molecule has 1 unspecified atom stereocenters. The molecular weight excluding hydrogens is 487 g/mol. The molecule has 1 aliphatic rings. The largest absolute Gasteiger partial charge is 0.457 e. The number of nitrogens with two attached hydrogens (primary N) is 1. The van der Waals surface area contributed by atoms with Gasteiger partial charge in [0.1, 0.15) is 35.3 Å². The highest BCUT2D eigenvalue weighted by Gasteiger charge is 2.22. The number of carbonyl (C=O) groups is 1. The molecule has 0 radical (unpaired) electrons. The minimum Gasteiger partial charge on any atom is -0.457 e. The first-order valence-corrected chi connectivity index (χ1v) is 12.3. The Morgan fingerprint density at radius 3 is 2.32 bits per heavy atom. The van der Waals surface area contributed by atoms with Gasteiger partial charge in [0.05, 0.1) is 16.9 Å². The third-order valence-electron chi connectivity index (χ3n) is 5.87. The Kier molecular flexibility index (Phi) is 9.72.